The van der Waals surface area contributed by atoms with Gasteiger partial charge in [0, 0.05) is 11.5 Å². The molecule has 3 rings (SSSR count). The summed E-state index contributed by atoms with van der Waals surface area (Å²) in [6.45, 7) is 3.73. The summed E-state index contributed by atoms with van der Waals surface area (Å²) in [6.07, 6.45) is 2.24. The second-order valence-corrected chi connectivity index (χ2v) is 7.54. The number of ether oxygens (including phenoxy) is 2. The number of allylic oxidation sites excluding steroid dienone is 2. The van der Waals surface area contributed by atoms with Gasteiger partial charge in [0.1, 0.15) is 0 Å². The van der Waals surface area contributed by atoms with E-state index in [-0.39, 0.29) is 43.8 Å². The van der Waals surface area contributed by atoms with Crippen LogP contribution in [0, 0.1) is 45.8 Å². The summed E-state index contributed by atoms with van der Waals surface area (Å²) >= 11 is 0. The van der Waals surface area contributed by atoms with Gasteiger partial charge in [-0.05, 0) is 44.1 Å². The third-order valence-electron chi connectivity index (χ3n) is 6.05. The maximum absolute atomic E-state index is 12.9. The van der Waals surface area contributed by atoms with E-state index in [0.717, 1.165) is 5.56 Å². The number of hydrogen-bond donors (Lipinski definition) is 0. The number of esters is 2. The molecule has 2 aliphatic carbocycles. The van der Waals surface area contributed by atoms with Crippen LogP contribution in [0.2, 0.25) is 0 Å². The number of carbonyl (C=O) groups excluding carboxylic acids is 2. The molecule has 0 spiro atoms. The van der Waals surface area contributed by atoms with Gasteiger partial charge in [-0.3, -0.25) is 9.59 Å². The minimum Gasteiger partial charge on any atom is -0.465 e. The lowest BCUT2D eigenvalue weighted by Gasteiger charge is -2.35. The third-order valence-corrected chi connectivity index (χ3v) is 6.05. The minimum absolute atomic E-state index is 0.145. The van der Waals surface area contributed by atoms with Crippen LogP contribution in [0.5, 0.6) is 0 Å². The van der Waals surface area contributed by atoms with Gasteiger partial charge >= 0.3 is 11.9 Å². The number of benzene rings is 1. The lowest BCUT2D eigenvalue weighted by molar-refractivity contribution is -0.172. The Kier molecular flexibility index (Phi) is 6.03. The summed E-state index contributed by atoms with van der Waals surface area (Å²) in [5.74, 6) is -2.40. The molecule has 1 aromatic rings. The van der Waals surface area contributed by atoms with Gasteiger partial charge in [-0.1, -0.05) is 36.4 Å². The van der Waals surface area contributed by atoms with Gasteiger partial charge in [0.2, 0.25) is 0 Å². The monoisotopic (exact) mass is 392 g/mol. The molecule has 1 fully saturated rings. The van der Waals surface area contributed by atoms with Crippen molar-refractivity contribution in [2.45, 2.75) is 32.6 Å². The molecule has 0 aromatic heterocycles. The van der Waals surface area contributed by atoms with Crippen LogP contribution in [0.15, 0.2) is 42.0 Å². The fraction of sp³-hybridized carbons (Fsp3) is 0.478. The number of nitrogens with zero attached hydrogens (tertiary/aromatic N) is 2. The van der Waals surface area contributed by atoms with Gasteiger partial charge in [0.25, 0.3) is 0 Å². The minimum atomic E-state index is -1.41. The Labute approximate surface area is 170 Å². The summed E-state index contributed by atoms with van der Waals surface area (Å²) in [5, 5.41) is 19.5. The van der Waals surface area contributed by atoms with Crippen molar-refractivity contribution in [1.82, 2.24) is 0 Å². The standard InChI is InChI=1S/C23H24N2O4/c1-3-28-21(26)23(22(27)29-4-2)11-16-10-17(13-24)19(14-25)20(18(16)12-23)15-8-6-5-7-9-15/h5-10,16,18-20H,3-4,11-12H2,1-2H3/t16?,18?,19-,20-/m1/s1. The molecular weight excluding hydrogens is 368 g/mol. The number of rotatable bonds is 5. The summed E-state index contributed by atoms with van der Waals surface area (Å²) in [4.78, 5) is 25.8. The molecule has 1 aromatic carbocycles. The van der Waals surface area contributed by atoms with Crippen LogP contribution in [-0.2, 0) is 19.1 Å². The number of fused-ring (bicyclic) bond motifs is 1. The van der Waals surface area contributed by atoms with Gasteiger partial charge in [-0.25, -0.2) is 0 Å². The van der Waals surface area contributed by atoms with Crippen LogP contribution < -0.4 is 0 Å². The van der Waals surface area contributed by atoms with Crippen LogP contribution in [0.3, 0.4) is 0 Å². The summed E-state index contributed by atoms with van der Waals surface area (Å²) in [6, 6.07) is 14.0. The molecule has 2 unspecified atom stereocenters. The highest BCUT2D eigenvalue weighted by Gasteiger charge is 2.60. The third kappa shape index (κ3) is 3.51. The summed E-state index contributed by atoms with van der Waals surface area (Å²) in [5.41, 5.74) is -0.0833. The quantitative estimate of drug-likeness (QED) is 0.561. The second-order valence-electron chi connectivity index (χ2n) is 7.54. The van der Waals surface area contributed by atoms with E-state index in [9.17, 15) is 20.1 Å². The van der Waals surface area contributed by atoms with Crippen LogP contribution >= 0.6 is 0 Å². The Morgan fingerprint density at radius 3 is 2.21 bits per heavy atom. The molecule has 6 heteroatoms. The predicted octanol–water partition coefficient (Wildman–Crippen LogP) is 3.51. The van der Waals surface area contributed by atoms with Crippen LogP contribution in [0.25, 0.3) is 0 Å². The lowest BCUT2D eigenvalue weighted by Crippen LogP contribution is -2.40. The average molecular weight is 392 g/mol. The molecule has 0 heterocycles. The van der Waals surface area contributed by atoms with Crippen molar-refractivity contribution in [3.05, 3.63) is 47.5 Å². The van der Waals surface area contributed by atoms with Crippen molar-refractivity contribution in [3.8, 4) is 12.1 Å². The Hall–Kier alpha value is -3.12. The molecule has 29 heavy (non-hydrogen) atoms. The van der Waals surface area contributed by atoms with Gasteiger partial charge in [-0.15, -0.1) is 0 Å². The van der Waals surface area contributed by atoms with Crippen molar-refractivity contribution in [2.75, 3.05) is 13.2 Å². The van der Waals surface area contributed by atoms with Crippen LogP contribution in [0.4, 0.5) is 0 Å². The molecule has 0 saturated heterocycles. The fourth-order valence-electron chi connectivity index (χ4n) is 4.87. The van der Waals surface area contributed by atoms with Gasteiger partial charge < -0.3 is 9.47 Å². The van der Waals surface area contributed by atoms with Crippen molar-refractivity contribution < 1.29 is 19.1 Å². The van der Waals surface area contributed by atoms with Gasteiger partial charge in [0.15, 0.2) is 5.41 Å². The summed E-state index contributed by atoms with van der Waals surface area (Å²) in [7, 11) is 0. The van der Waals surface area contributed by atoms with Crippen LogP contribution in [0.1, 0.15) is 38.2 Å². The van der Waals surface area contributed by atoms with E-state index < -0.39 is 23.3 Å². The molecule has 0 radical (unpaired) electrons. The molecule has 0 amide bonds. The fourth-order valence-corrected chi connectivity index (χ4v) is 4.87. The first-order valence-electron chi connectivity index (χ1n) is 9.93. The van der Waals surface area contributed by atoms with E-state index in [1.807, 2.05) is 30.3 Å². The molecule has 1 saturated carbocycles. The molecule has 150 valence electrons. The smallest absolute Gasteiger partial charge is 0.323 e. The van der Waals surface area contributed by atoms with Crippen molar-refractivity contribution in [1.29, 1.82) is 10.5 Å². The second kappa shape index (κ2) is 8.49. The highest BCUT2D eigenvalue weighted by molar-refractivity contribution is 6.00. The Balaban J connectivity index is 2.10. The molecule has 6 nitrogen and oxygen atoms in total. The molecule has 0 N–H and O–H groups in total. The van der Waals surface area contributed by atoms with Crippen molar-refractivity contribution in [2.24, 2.45) is 23.2 Å². The number of carbonyl (C=O) groups is 2. The highest BCUT2D eigenvalue weighted by atomic mass is 16.6. The SMILES string of the molecule is CCOC(=O)C1(C(=O)OCC)CC2C=C(C#N)[C@@H](C#N)[C@H](c3ccccc3)C2C1. The summed E-state index contributed by atoms with van der Waals surface area (Å²) < 4.78 is 10.5. The first-order chi connectivity index (χ1) is 14.0. The van der Waals surface area contributed by atoms with E-state index in [1.54, 1.807) is 19.9 Å². The van der Waals surface area contributed by atoms with E-state index >= 15 is 0 Å². The zero-order chi connectivity index (χ0) is 21.0. The zero-order valence-corrected chi connectivity index (χ0v) is 16.6. The largest absolute Gasteiger partial charge is 0.465 e. The average Bonchev–Trinajstić information content (AvgIpc) is 3.13. The van der Waals surface area contributed by atoms with E-state index in [1.165, 1.54) is 0 Å². The molecular formula is C23H24N2O4. The Morgan fingerprint density at radius 2 is 1.69 bits per heavy atom. The maximum atomic E-state index is 12.9. The van der Waals surface area contributed by atoms with E-state index in [2.05, 4.69) is 12.1 Å². The molecule has 0 aliphatic heterocycles. The van der Waals surface area contributed by atoms with Gasteiger partial charge in [0.05, 0.1) is 31.3 Å². The van der Waals surface area contributed by atoms with Gasteiger partial charge in [-0.2, -0.15) is 10.5 Å². The highest BCUT2D eigenvalue weighted by Crippen LogP contribution is 2.58. The molecule has 0 bridgehead atoms. The molecule has 4 atom stereocenters. The maximum Gasteiger partial charge on any atom is 0.323 e. The number of hydrogen-bond acceptors (Lipinski definition) is 6. The zero-order valence-electron chi connectivity index (χ0n) is 16.6. The predicted molar refractivity (Wildman–Crippen MR) is 104 cm³/mol. The van der Waals surface area contributed by atoms with Crippen LogP contribution in [-0.4, -0.2) is 25.2 Å². The first-order valence-corrected chi connectivity index (χ1v) is 9.93. The van der Waals surface area contributed by atoms with Crippen molar-refractivity contribution >= 4 is 11.9 Å². The van der Waals surface area contributed by atoms with Crippen molar-refractivity contribution in [3.63, 3.8) is 0 Å². The topological polar surface area (TPSA) is 100 Å². The normalized spacial score (nSPS) is 27.0. The lowest BCUT2D eigenvalue weighted by atomic mass is 9.66. The Bertz CT molecular complexity index is 876. The Morgan fingerprint density at radius 1 is 1.07 bits per heavy atom. The molecule has 2 aliphatic rings. The van der Waals surface area contributed by atoms with E-state index in [0.29, 0.717) is 5.57 Å². The first kappa shape index (κ1) is 20.6. The number of nitriles is 2. The van der Waals surface area contributed by atoms with E-state index in [4.69, 9.17) is 9.47 Å².